The highest BCUT2D eigenvalue weighted by molar-refractivity contribution is 6.32. The third-order valence-corrected chi connectivity index (χ3v) is 6.70. The van der Waals surface area contributed by atoms with Crippen molar-refractivity contribution >= 4 is 34.1 Å². The summed E-state index contributed by atoms with van der Waals surface area (Å²) in [5.41, 5.74) is 3.70. The molecule has 1 saturated heterocycles. The highest BCUT2D eigenvalue weighted by Gasteiger charge is 2.23. The summed E-state index contributed by atoms with van der Waals surface area (Å²) >= 11 is 6.43. The molecular weight excluding hydrogens is 476 g/mol. The Bertz CT molecular complexity index is 1090. The first-order chi connectivity index (χ1) is 17.5. The van der Waals surface area contributed by atoms with Crippen LogP contribution in [0.2, 0.25) is 5.02 Å². The lowest BCUT2D eigenvalue weighted by atomic mass is 10.1. The molecule has 7 nitrogen and oxygen atoms in total. The van der Waals surface area contributed by atoms with Crippen molar-refractivity contribution in [2.45, 2.75) is 39.7 Å². The zero-order valence-corrected chi connectivity index (χ0v) is 22.6. The fourth-order valence-electron chi connectivity index (χ4n) is 4.48. The molecule has 2 aromatic carbocycles. The van der Waals surface area contributed by atoms with Crippen LogP contribution in [-0.4, -0.2) is 73.4 Å². The lowest BCUT2D eigenvalue weighted by Gasteiger charge is -2.37. The molecule has 1 unspecified atom stereocenters. The first kappa shape index (κ1) is 27.8. The number of rotatable bonds is 9. The van der Waals surface area contributed by atoms with Gasteiger partial charge in [0.05, 0.1) is 23.9 Å². The Morgan fingerprint density at radius 2 is 1.89 bits per heavy atom. The van der Waals surface area contributed by atoms with E-state index in [1.807, 2.05) is 50.2 Å². The predicted octanol–water partition coefficient (Wildman–Crippen LogP) is 4.72. The van der Waals surface area contributed by atoms with Crippen LogP contribution in [0.4, 0.5) is 5.69 Å². The number of anilines is 1. The number of hydrogen-bond acceptors (Lipinski definition) is 5. The molecule has 3 N–H and O–H groups in total. The number of aromatic amines is 1. The van der Waals surface area contributed by atoms with Crippen molar-refractivity contribution in [1.82, 2.24) is 15.2 Å². The average Bonchev–Trinajstić information content (AvgIpc) is 3.34. The number of ether oxygens (including phenoxy) is 1. The molecule has 1 aliphatic rings. The highest BCUT2D eigenvalue weighted by atomic mass is 35.5. The molecule has 196 valence electrons. The summed E-state index contributed by atoms with van der Waals surface area (Å²) in [5, 5.41) is 15.1. The van der Waals surface area contributed by atoms with Gasteiger partial charge in [0.15, 0.2) is 5.75 Å². The number of aliphatic hydroxyl groups is 1. The number of piperazine rings is 1. The molecule has 8 heteroatoms. The first-order valence-corrected chi connectivity index (χ1v) is 13.2. The summed E-state index contributed by atoms with van der Waals surface area (Å²) in [6.45, 7) is 10.5. The third kappa shape index (κ3) is 6.93. The van der Waals surface area contributed by atoms with Gasteiger partial charge in [0.2, 0.25) is 0 Å². The largest absolute Gasteiger partial charge is 0.493 e. The maximum absolute atomic E-state index is 12.4. The van der Waals surface area contributed by atoms with E-state index in [1.54, 1.807) is 7.11 Å². The number of H-pyrrole nitrogens is 1. The van der Waals surface area contributed by atoms with Gasteiger partial charge in [-0.15, -0.1) is 0 Å². The number of fused-ring (bicyclic) bond motifs is 1. The molecule has 1 aromatic heterocycles. The van der Waals surface area contributed by atoms with Gasteiger partial charge < -0.3 is 25.0 Å². The Morgan fingerprint density at radius 1 is 1.17 bits per heavy atom. The summed E-state index contributed by atoms with van der Waals surface area (Å²) in [6, 6.07) is 13.8. The van der Waals surface area contributed by atoms with Crippen LogP contribution < -0.4 is 15.0 Å². The molecule has 36 heavy (non-hydrogen) atoms. The standard InChI is InChI=1S/C26H33ClN4O3.C2H6/c1-3-18-14-21(27)25(34-2)24(15-18)31-12-10-30(11-13-31)17-20(32)8-9-28-26(33)23-16-19-6-4-5-7-22(19)29-23;1-2/h4-7,14-16,20,29,32H,3,8-13,17H2,1-2H3,(H,28,33);1-2H3. The van der Waals surface area contributed by atoms with E-state index in [4.69, 9.17) is 16.3 Å². The lowest BCUT2D eigenvalue weighted by molar-refractivity contribution is 0.0899. The zero-order valence-electron chi connectivity index (χ0n) is 21.8. The van der Waals surface area contributed by atoms with Gasteiger partial charge in [-0.05, 0) is 42.7 Å². The Kier molecular flexibility index (Phi) is 10.5. The number of para-hydroxylation sites is 1. The van der Waals surface area contributed by atoms with Gasteiger partial charge >= 0.3 is 0 Å². The number of aromatic nitrogens is 1. The number of nitrogens with zero attached hydrogens (tertiary/aromatic N) is 2. The van der Waals surface area contributed by atoms with Crippen LogP contribution >= 0.6 is 11.6 Å². The van der Waals surface area contributed by atoms with Crippen molar-refractivity contribution in [3.63, 3.8) is 0 Å². The molecule has 0 aliphatic carbocycles. The second kappa shape index (κ2) is 13.5. The fourth-order valence-corrected chi connectivity index (χ4v) is 4.79. The van der Waals surface area contributed by atoms with Crippen LogP contribution in [0.3, 0.4) is 0 Å². The Morgan fingerprint density at radius 3 is 2.56 bits per heavy atom. The summed E-state index contributed by atoms with van der Waals surface area (Å²) in [6.07, 6.45) is 0.926. The SMILES string of the molecule is CC.CCc1cc(Cl)c(OC)c(N2CCN(CC(O)CCNC(=O)c3cc4ccccc4[nH]3)CC2)c1. The number of methoxy groups -OCH3 is 1. The van der Waals surface area contributed by atoms with Crippen LogP contribution in [-0.2, 0) is 6.42 Å². The van der Waals surface area contributed by atoms with E-state index in [1.165, 1.54) is 5.56 Å². The quantitative estimate of drug-likeness (QED) is 0.385. The molecule has 1 fully saturated rings. The molecule has 1 aliphatic heterocycles. The van der Waals surface area contributed by atoms with Crippen LogP contribution in [0.1, 0.15) is 43.2 Å². The minimum atomic E-state index is -0.498. The number of aliphatic hydroxyl groups excluding tert-OH is 1. The average molecular weight is 515 g/mol. The maximum Gasteiger partial charge on any atom is 0.267 e. The van der Waals surface area contributed by atoms with Gasteiger partial charge in [-0.2, -0.15) is 0 Å². The normalized spacial score (nSPS) is 14.8. The van der Waals surface area contributed by atoms with E-state index >= 15 is 0 Å². The molecule has 3 aromatic rings. The smallest absolute Gasteiger partial charge is 0.267 e. The van der Waals surface area contributed by atoms with E-state index < -0.39 is 6.10 Å². The zero-order chi connectivity index (χ0) is 26.1. The van der Waals surface area contributed by atoms with Crippen LogP contribution in [0.15, 0.2) is 42.5 Å². The molecule has 1 atom stereocenters. The molecular formula is C28H39ClN4O3. The maximum atomic E-state index is 12.4. The Labute approximate surface area is 219 Å². The summed E-state index contributed by atoms with van der Waals surface area (Å²) < 4.78 is 5.57. The number of nitrogens with one attached hydrogen (secondary N) is 2. The summed E-state index contributed by atoms with van der Waals surface area (Å²) in [5.74, 6) is 0.567. The van der Waals surface area contributed by atoms with Crippen LogP contribution in [0.25, 0.3) is 10.9 Å². The molecule has 2 heterocycles. The highest BCUT2D eigenvalue weighted by Crippen LogP contribution is 2.37. The predicted molar refractivity (Wildman–Crippen MR) is 149 cm³/mol. The molecule has 0 radical (unpaired) electrons. The number of halogens is 1. The van der Waals surface area contributed by atoms with Crippen molar-refractivity contribution in [3.8, 4) is 5.75 Å². The Balaban J connectivity index is 0.00000176. The van der Waals surface area contributed by atoms with E-state index in [-0.39, 0.29) is 5.91 Å². The van der Waals surface area contributed by atoms with Crippen molar-refractivity contribution in [3.05, 3.63) is 58.7 Å². The van der Waals surface area contributed by atoms with E-state index in [0.29, 0.717) is 30.2 Å². The topological polar surface area (TPSA) is 80.8 Å². The molecule has 0 bridgehead atoms. The first-order valence-electron chi connectivity index (χ1n) is 12.9. The number of β-amino-alcohol motifs (C(OH)–C–C–N with tert-alkyl or cyclic N) is 1. The number of carbonyl (C=O) groups is 1. The second-order valence-corrected chi connectivity index (χ2v) is 9.15. The molecule has 0 spiro atoms. The molecule has 1 amide bonds. The van der Waals surface area contributed by atoms with Gasteiger partial charge in [-0.25, -0.2) is 0 Å². The second-order valence-electron chi connectivity index (χ2n) is 8.74. The fraction of sp³-hybridized carbons (Fsp3) is 0.464. The summed E-state index contributed by atoms with van der Waals surface area (Å²) in [4.78, 5) is 20.1. The van der Waals surface area contributed by atoms with E-state index in [9.17, 15) is 9.90 Å². The Hall–Kier alpha value is -2.74. The lowest BCUT2D eigenvalue weighted by Crippen LogP contribution is -2.49. The number of hydrogen-bond donors (Lipinski definition) is 3. The van der Waals surface area contributed by atoms with Gasteiger partial charge in [-0.1, -0.05) is 50.6 Å². The summed E-state index contributed by atoms with van der Waals surface area (Å²) in [7, 11) is 1.65. The van der Waals surface area contributed by atoms with Crippen molar-refractivity contribution in [2.24, 2.45) is 0 Å². The number of benzene rings is 2. The van der Waals surface area contributed by atoms with E-state index in [2.05, 4.69) is 33.1 Å². The third-order valence-electron chi connectivity index (χ3n) is 6.42. The van der Waals surface area contributed by atoms with E-state index in [0.717, 1.165) is 54.9 Å². The van der Waals surface area contributed by atoms with Crippen molar-refractivity contribution in [1.29, 1.82) is 0 Å². The minimum Gasteiger partial charge on any atom is -0.493 e. The molecule has 0 saturated carbocycles. The van der Waals surface area contributed by atoms with Crippen LogP contribution in [0.5, 0.6) is 5.75 Å². The minimum absolute atomic E-state index is 0.154. The van der Waals surface area contributed by atoms with Crippen molar-refractivity contribution in [2.75, 3.05) is 51.3 Å². The van der Waals surface area contributed by atoms with Crippen molar-refractivity contribution < 1.29 is 14.6 Å². The molecule has 4 rings (SSSR count). The monoisotopic (exact) mass is 514 g/mol. The van der Waals surface area contributed by atoms with Crippen LogP contribution in [0, 0.1) is 0 Å². The van der Waals surface area contributed by atoms with Gasteiger partial charge in [0.25, 0.3) is 5.91 Å². The number of carbonyl (C=O) groups excluding carboxylic acids is 1. The van der Waals surface area contributed by atoms with Gasteiger partial charge in [0.1, 0.15) is 5.69 Å². The number of aryl methyl sites for hydroxylation is 1. The number of amides is 1. The van der Waals surface area contributed by atoms with Gasteiger partial charge in [0, 0.05) is 50.2 Å². The van der Waals surface area contributed by atoms with Gasteiger partial charge in [-0.3, -0.25) is 9.69 Å².